The molecule has 4 heterocycles. The van der Waals surface area contributed by atoms with Crippen molar-refractivity contribution >= 4 is 27.8 Å². The molecule has 0 saturated carbocycles. The van der Waals surface area contributed by atoms with E-state index in [1.807, 2.05) is 11.8 Å². The Bertz CT molecular complexity index is 1420. The van der Waals surface area contributed by atoms with Crippen molar-refractivity contribution in [2.45, 2.75) is 26.2 Å². The van der Waals surface area contributed by atoms with Crippen molar-refractivity contribution in [3.8, 4) is 23.1 Å². The standard InChI is InChI=1S/C26H28FN5O5/c1-16-11-18-24(27)22(14-28-25(18)31-16)37-26-17-12-20(34-2)21(13-19(17)29-15-30-26)36-10-5-23(33)32-6-3-8-35-9-4-7-32/h11-15H,3-10H2,1-2H3,(H,28,31). The highest BCUT2D eigenvalue weighted by atomic mass is 19.1. The van der Waals surface area contributed by atoms with Crippen LogP contribution in [0.2, 0.25) is 0 Å². The van der Waals surface area contributed by atoms with Crippen LogP contribution in [0.3, 0.4) is 0 Å². The van der Waals surface area contributed by atoms with Gasteiger partial charge in [0.25, 0.3) is 0 Å². The number of carbonyl (C=O) groups excluding carboxylic acids is 1. The summed E-state index contributed by atoms with van der Waals surface area (Å²) in [5, 5.41) is 0.843. The molecule has 1 aliphatic rings. The summed E-state index contributed by atoms with van der Waals surface area (Å²) in [6.45, 7) is 4.73. The van der Waals surface area contributed by atoms with Crippen molar-refractivity contribution in [1.29, 1.82) is 0 Å². The number of fused-ring (bicyclic) bond motifs is 2. The third-order valence-electron chi connectivity index (χ3n) is 6.15. The fourth-order valence-electron chi connectivity index (χ4n) is 4.31. The molecule has 4 aromatic rings. The molecule has 194 valence electrons. The number of carbonyl (C=O) groups is 1. The Labute approximate surface area is 212 Å². The molecule has 1 aliphatic heterocycles. The third kappa shape index (κ3) is 5.41. The van der Waals surface area contributed by atoms with E-state index in [4.69, 9.17) is 18.9 Å². The molecule has 1 fully saturated rings. The lowest BCUT2D eigenvalue weighted by atomic mass is 10.2. The van der Waals surface area contributed by atoms with Crippen LogP contribution >= 0.6 is 0 Å². The number of pyridine rings is 1. The van der Waals surface area contributed by atoms with Gasteiger partial charge in [0.2, 0.25) is 11.8 Å². The van der Waals surface area contributed by atoms with E-state index in [1.54, 1.807) is 18.2 Å². The van der Waals surface area contributed by atoms with Gasteiger partial charge in [-0.15, -0.1) is 0 Å². The fourth-order valence-corrected chi connectivity index (χ4v) is 4.31. The van der Waals surface area contributed by atoms with E-state index >= 15 is 4.39 Å². The average molecular weight is 510 g/mol. The molecule has 0 atom stereocenters. The van der Waals surface area contributed by atoms with Gasteiger partial charge in [-0.25, -0.2) is 19.3 Å². The molecule has 5 rings (SSSR count). The Morgan fingerprint density at radius 3 is 2.68 bits per heavy atom. The average Bonchev–Trinajstić information content (AvgIpc) is 3.26. The van der Waals surface area contributed by atoms with Crippen molar-refractivity contribution < 1.29 is 28.1 Å². The van der Waals surface area contributed by atoms with E-state index in [-0.39, 0.29) is 30.6 Å². The van der Waals surface area contributed by atoms with Crippen LogP contribution in [-0.4, -0.2) is 70.8 Å². The Morgan fingerprint density at radius 2 is 1.89 bits per heavy atom. The van der Waals surface area contributed by atoms with E-state index in [2.05, 4.69) is 19.9 Å². The van der Waals surface area contributed by atoms with Crippen molar-refractivity contribution in [3.63, 3.8) is 0 Å². The number of hydrogen-bond acceptors (Lipinski definition) is 8. The van der Waals surface area contributed by atoms with Gasteiger partial charge in [-0.3, -0.25) is 4.79 Å². The number of amides is 1. The van der Waals surface area contributed by atoms with Crippen LogP contribution in [0.5, 0.6) is 23.1 Å². The summed E-state index contributed by atoms with van der Waals surface area (Å²) in [6.07, 6.45) is 4.54. The number of halogens is 1. The zero-order valence-corrected chi connectivity index (χ0v) is 20.8. The number of aromatic amines is 1. The molecule has 0 bridgehead atoms. The maximum atomic E-state index is 15.0. The van der Waals surface area contributed by atoms with Crippen molar-refractivity contribution in [2.75, 3.05) is 40.0 Å². The number of benzene rings is 1. The fraction of sp³-hybridized carbons (Fsp3) is 0.385. The number of nitrogens with one attached hydrogen (secondary N) is 1. The summed E-state index contributed by atoms with van der Waals surface area (Å²) in [4.78, 5) is 30.2. The molecule has 0 spiro atoms. The number of ether oxygens (including phenoxy) is 4. The smallest absolute Gasteiger partial charge is 0.230 e. The predicted octanol–water partition coefficient (Wildman–Crippen LogP) is 4.16. The number of aromatic nitrogens is 4. The molecule has 11 heteroatoms. The second-order valence-electron chi connectivity index (χ2n) is 8.75. The summed E-state index contributed by atoms with van der Waals surface area (Å²) in [5.74, 6) is 0.456. The maximum Gasteiger partial charge on any atom is 0.230 e. The number of aryl methyl sites for hydroxylation is 1. The van der Waals surface area contributed by atoms with E-state index in [0.717, 1.165) is 18.5 Å². The van der Waals surface area contributed by atoms with Crippen molar-refractivity contribution in [1.82, 2.24) is 24.8 Å². The number of rotatable bonds is 7. The topological polar surface area (TPSA) is 112 Å². The van der Waals surface area contributed by atoms with E-state index in [9.17, 15) is 4.79 Å². The first kappa shape index (κ1) is 24.7. The van der Waals surface area contributed by atoms with Gasteiger partial charge >= 0.3 is 0 Å². The van der Waals surface area contributed by atoms with E-state index < -0.39 is 5.82 Å². The molecule has 10 nitrogen and oxygen atoms in total. The Balaban J connectivity index is 1.33. The summed E-state index contributed by atoms with van der Waals surface area (Å²) >= 11 is 0. The Kier molecular flexibility index (Phi) is 7.31. The van der Waals surface area contributed by atoms with Crippen LogP contribution in [0.4, 0.5) is 4.39 Å². The Hall–Kier alpha value is -3.99. The molecule has 0 aliphatic carbocycles. The minimum Gasteiger partial charge on any atom is -0.493 e. The molecule has 1 amide bonds. The van der Waals surface area contributed by atoms with Gasteiger partial charge in [-0.2, -0.15) is 0 Å². The molecule has 37 heavy (non-hydrogen) atoms. The minimum atomic E-state index is -0.537. The van der Waals surface area contributed by atoms with Crippen LogP contribution in [0, 0.1) is 12.7 Å². The lowest BCUT2D eigenvalue weighted by Gasteiger charge is -2.25. The second-order valence-corrected chi connectivity index (χ2v) is 8.75. The number of methoxy groups -OCH3 is 1. The highest BCUT2D eigenvalue weighted by molar-refractivity contribution is 5.87. The number of nitrogens with zero attached hydrogens (tertiary/aromatic N) is 4. The monoisotopic (exact) mass is 509 g/mol. The molecule has 0 radical (unpaired) electrons. The van der Waals surface area contributed by atoms with Crippen LogP contribution in [0.25, 0.3) is 21.9 Å². The number of H-pyrrole nitrogens is 1. The van der Waals surface area contributed by atoms with Gasteiger partial charge in [-0.05, 0) is 31.9 Å². The van der Waals surface area contributed by atoms with Crippen LogP contribution in [-0.2, 0) is 9.53 Å². The molecule has 3 aromatic heterocycles. The van der Waals surface area contributed by atoms with Crippen molar-refractivity contribution in [3.05, 3.63) is 42.2 Å². The summed E-state index contributed by atoms with van der Waals surface area (Å²) in [7, 11) is 1.51. The third-order valence-corrected chi connectivity index (χ3v) is 6.15. The molecular weight excluding hydrogens is 481 g/mol. The lowest BCUT2D eigenvalue weighted by molar-refractivity contribution is -0.132. The first-order valence-electron chi connectivity index (χ1n) is 12.2. The van der Waals surface area contributed by atoms with Crippen LogP contribution < -0.4 is 14.2 Å². The van der Waals surface area contributed by atoms with E-state index in [1.165, 1.54) is 19.6 Å². The van der Waals surface area contributed by atoms with Crippen molar-refractivity contribution in [2.24, 2.45) is 0 Å². The summed E-state index contributed by atoms with van der Waals surface area (Å²) in [6, 6.07) is 5.03. The summed E-state index contributed by atoms with van der Waals surface area (Å²) in [5.41, 5.74) is 1.75. The van der Waals surface area contributed by atoms with Crippen LogP contribution in [0.15, 0.2) is 30.7 Å². The van der Waals surface area contributed by atoms with Gasteiger partial charge in [0.1, 0.15) is 12.0 Å². The minimum absolute atomic E-state index is 0.0462. The highest BCUT2D eigenvalue weighted by Gasteiger charge is 2.18. The van der Waals surface area contributed by atoms with E-state index in [0.29, 0.717) is 59.7 Å². The normalized spacial score (nSPS) is 14.4. The SMILES string of the molecule is COc1cc2c(Oc3cnc4[nH]c(C)cc4c3F)ncnc2cc1OCCC(=O)N1CCCOCCC1. The zero-order chi connectivity index (χ0) is 25.8. The highest BCUT2D eigenvalue weighted by Crippen LogP contribution is 2.37. The van der Waals surface area contributed by atoms with Gasteiger partial charge in [-0.1, -0.05) is 0 Å². The molecule has 0 unspecified atom stereocenters. The van der Waals surface area contributed by atoms with Gasteiger partial charge in [0, 0.05) is 38.1 Å². The molecule has 1 N–H and O–H groups in total. The zero-order valence-electron chi connectivity index (χ0n) is 20.8. The van der Waals surface area contributed by atoms with Crippen LogP contribution in [0.1, 0.15) is 25.0 Å². The Morgan fingerprint density at radius 1 is 1.08 bits per heavy atom. The number of hydrogen-bond donors (Lipinski definition) is 1. The lowest BCUT2D eigenvalue weighted by Crippen LogP contribution is -2.36. The van der Waals surface area contributed by atoms with Gasteiger partial charge < -0.3 is 28.8 Å². The first-order chi connectivity index (χ1) is 18.0. The maximum absolute atomic E-state index is 15.0. The van der Waals surface area contributed by atoms with Gasteiger partial charge in [0.05, 0.1) is 42.6 Å². The summed E-state index contributed by atoms with van der Waals surface area (Å²) < 4.78 is 37.7. The second kappa shape index (κ2) is 11.0. The first-order valence-corrected chi connectivity index (χ1v) is 12.2. The molecule has 1 aromatic carbocycles. The molecule has 1 saturated heterocycles. The molecular formula is C26H28FN5O5. The quantitative estimate of drug-likeness (QED) is 0.395. The largest absolute Gasteiger partial charge is 0.493 e. The predicted molar refractivity (Wildman–Crippen MR) is 134 cm³/mol. The van der Waals surface area contributed by atoms with Gasteiger partial charge in [0.15, 0.2) is 23.1 Å².